The molecule has 1 aliphatic rings. The zero-order valence-electron chi connectivity index (χ0n) is 18.3. The molecule has 0 radical (unpaired) electrons. The monoisotopic (exact) mass is 428 g/mol. The van der Waals surface area contributed by atoms with E-state index >= 15 is 0 Å². The highest BCUT2D eigenvalue weighted by Crippen LogP contribution is 2.28. The first-order valence-electron chi connectivity index (χ1n) is 10.8. The minimum absolute atomic E-state index is 0.0362. The second kappa shape index (κ2) is 10.5. The highest BCUT2D eigenvalue weighted by molar-refractivity contribution is 5.92. The number of hydrogen-bond acceptors (Lipinski definition) is 4. The van der Waals surface area contributed by atoms with Gasteiger partial charge in [-0.2, -0.15) is 0 Å². The Morgan fingerprint density at radius 1 is 0.875 bits per heavy atom. The number of carbonyl (C=O) groups is 1. The predicted molar refractivity (Wildman–Crippen MR) is 128 cm³/mol. The van der Waals surface area contributed by atoms with Crippen LogP contribution in [0.3, 0.4) is 0 Å². The largest absolute Gasteiger partial charge is 0.495 e. The number of piperazine rings is 1. The number of anilines is 1. The molecule has 5 nitrogen and oxygen atoms in total. The van der Waals surface area contributed by atoms with Gasteiger partial charge in [0.05, 0.1) is 12.8 Å². The standard InChI is InChI=1S/C27H28N2O3/c1-31-26-10-6-5-9-25(26)28-17-19-29(20-18-28)27(30)16-13-22-11-14-24(15-12-22)32-21-23-7-3-2-4-8-23/h2-16H,17-21H2,1H3/b16-13+. The van der Waals surface area contributed by atoms with Gasteiger partial charge in [-0.15, -0.1) is 0 Å². The van der Waals surface area contributed by atoms with Gasteiger partial charge in [0.15, 0.2) is 0 Å². The third-order valence-electron chi connectivity index (χ3n) is 5.56. The summed E-state index contributed by atoms with van der Waals surface area (Å²) in [6.07, 6.45) is 3.51. The van der Waals surface area contributed by atoms with Crippen molar-refractivity contribution in [1.82, 2.24) is 4.90 Å². The molecule has 1 heterocycles. The summed E-state index contributed by atoms with van der Waals surface area (Å²) in [5.74, 6) is 1.71. The first-order chi connectivity index (χ1) is 15.7. The normalized spacial score (nSPS) is 13.9. The van der Waals surface area contributed by atoms with Crippen molar-refractivity contribution in [3.05, 3.63) is 96.1 Å². The molecule has 5 heteroatoms. The van der Waals surface area contributed by atoms with Crippen molar-refractivity contribution in [2.24, 2.45) is 0 Å². The molecule has 1 fully saturated rings. The van der Waals surface area contributed by atoms with Crippen LogP contribution in [0.5, 0.6) is 11.5 Å². The lowest BCUT2D eigenvalue weighted by molar-refractivity contribution is -0.126. The molecule has 0 aliphatic carbocycles. The first-order valence-corrected chi connectivity index (χ1v) is 10.8. The summed E-state index contributed by atoms with van der Waals surface area (Å²) in [6, 6.07) is 25.9. The van der Waals surface area contributed by atoms with E-state index in [2.05, 4.69) is 11.0 Å². The maximum atomic E-state index is 12.6. The van der Waals surface area contributed by atoms with Gasteiger partial charge >= 0.3 is 0 Å². The van der Waals surface area contributed by atoms with Crippen LogP contribution in [0.1, 0.15) is 11.1 Å². The lowest BCUT2D eigenvalue weighted by Crippen LogP contribution is -2.48. The number of amides is 1. The zero-order chi connectivity index (χ0) is 22.2. The summed E-state index contributed by atoms with van der Waals surface area (Å²) in [5, 5.41) is 0. The Hall–Kier alpha value is -3.73. The van der Waals surface area contributed by atoms with Crippen LogP contribution in [0.2, 0.25) is 0 Å². The number of methoxy groups -OCH3 is 1. The summed E-state index contributed by atoms with van der Waals surface area (Å²) >= 11 is 0. The minimum atomic E-state index is 0.0362. The Morgan fingerprint density at radius 3 is 2.28 bits per heavy atom. The lowest BCUT2D eigenvalue weighted by atomic mass is 10.2. The second-order valence-corrected chi connectivity index (χ2v) is 7.66. The smallest absolute Gasteiger partial charge is 0.246 e. The SMILES string of the molecule is COc1ccccc1N1CCN(C(=O)/C=C/c2ccc(OCc3ccccc3)cc2)CC1. The fourth-order valence-corrected chi connectivity index (χ4v) is 3.75. The predicted octanol–water partition coefficient (Wildman–Crippen LogP) is 4.64. The number of nitrogens with zero attached hydrogens (tertiary/aromatic N) is 2. The first kappa shape index (κ1) is 21.5. The maximum Gasteiger partial charge on any atom is 0.246 e. The number of para-hydroxylation sites is 2. The quantitative estimate of drug-likeness (QED) is 0.515. The van der Waals surface area contributed by atoms with E-state index in [9.17, 15) is 4.79 Å². The molecule has 164 valence electrons. The zero-order valence-corrected chi connectivity index (χ0v) is 18.3. The van der Waals surface area contributed by atoms with Gasteiger partial charge in [0.25, 0.3) is 0 Å². The van der Waals surface area contributed by atoms with Crippen LogP contribution >= 0.6 is 0 Å². The average molecular weight is 429 g/mol. The van der Waals surface area contributed by atoms with Crippen LogP contribution in [0.4, 0.5) is 5.69 Å². The highest BCUT2D eigenvalue weighted by Gasteiger charge is 2.21. The number of hydrogen-bond donors (Lipinski definition) is 0. The lowest BCUT2D eigenvalue weighted by Gasteiger charge is -2.36. The van der Waals surface area contributed by atoms with Crippen LogP contribution in [-0.2, 0) is 11.4 Å². The van der Waals surface area contributed by atoms with Crippen molar-refractivity contribution in [3.63, 3.8) is 0 Å². The molecule has 1 amide bonds. The van der Waals surface area contributed by atoms with Crippen molar-refractivity contribution in [2.75, 3.05) is 38.2 Å². The van der Waals surface area contributed by atoms with E-state index in [1.807, 2.05) is 83.8 Å². The molecule has 0 spiro atoms. The Bertz CT molecular complexity index is 1040. The third kappa shape index (κ3) is 5.49. The van der Waals surface area contributed by atoms with Crippen LogP contribution in [0, 0.1) is 0 Å². The Labute approximate surface area is 189 Å². The molecule has 0 unspecified atom stereocenters. The Kier molecular flexibility index (Phi) is 7.08. The Morgan fingerprint density at radius 2 is 1.56 bits per heavy atom. The maximum absolute atomic E-state index is 12.6. The summed E-state index contributed by atoms with van der Waals surface area (Å²) in [6.45, 7) is 3.48. The fraction of sp³-hybridized carbons (Fsp3) is 0.222. The molecule has 1 aliphatic heterocycles. The third-order valence-corrected chi connectivity index (χ3v) is 5.56. The van der Waals surface area contributed by atoms with Gasteiger partial charge in [0, 0.05) is 32.3 Å². The molecule has 0 aromatic heterocycles. The van der Waals surface area contributed by atoms with Gasteiger partial charge in [-0.25, -0.2) is 0 Å². The van der Waals surface area contributed by atoms with Gasteiger partial charge in [-0.05, 0) is 41.5 Å². The summed E-state index contributed by atoms with van der Waals surface area (Å²) < 4.78 is 11.3. The molecular formula is C27H28N2O3. The van der Waals surface area contributed by atoms with Crippen molar-refractivity contribution >= 4 is 17.7 Å². The topological polar surface area (TPSA) is 42.0 Å². The van der Waals surface area contributed by atoms with Crippen LogP contribution in [0.25, 0.3) is 6.08 Å². The van der Waals surface area contributed by atoms with Crippen molar-refractivity contribution < 1.29 is 14.3 Å². The fourth-order valence-electron chi connectivity index (χ4n) is 3.75. The number of rotatable bonds is 7. The van der Waals surface area contributed by atoms with Gasteiger partial charge in [-0.3, -0.25) is 4.79 Å². The van der Waals surface area contributed by atoms with Crippen molar-refractivity contribution in [2.45, 2.75) is 6.61 Å². The molecule has 3 aromatic carbocycles. The van der Waals surface area contributed by atoms with Crippen molar-refractivity contribution in [3.8, 4) is 11.5 Å². The second-order valence-electron chi connectivity index (χ2n) is 7.66. The molecule has 0 N–H and O–H groups in total. The molecule has 32 heavy (non-hydrogen) atoms. The minimum Gasteiger partial charge on any atom is -0.495 e. The molecule has 3 aromatic rings. The molecule has 1 saturated heterocycles. The molecule has 0 atom stereocenters. The highest BCUT2D eigenvalue weighted by atomic mass is 16.5. The Balaban J connectivity index is 1.27. The van der Waals surface area contributed by atoms with E-state index in [0.29, 0.717) is 19.7 Å². The van der Waals surface area contributed by atoms with Gasteiger partial charge in [0.2, 0.25) is 5.91 Å². The molecular weight excluding hydrogens is 400 g/mol. The summed E-state index contributed by atoms with van der Waals surface area (Å²) in [7, 11) is 1.69. The van der Waals surface area contributed by atoms with E-state index in [-0.39, 0.29) is 5.91 Å². The summed E-state index contributed by atoms with van der Waals surface area (Å²) in [5.41, 5.74) is 3.18. The number of carbonyl (C=O) groups excluding carboxylic acids is 1. The van der Waals surface area contributed by atoms with Gasteiger partial charge < -0.3 is 19.3 Å². The van der Waals surface area contributed by atoms with E-state index in [0.717, 1.165) is 41.4 Å². The molecule has 0 saturated carbocycles. The molecule has 4 rings (SSSR count). The van der Waals surface area contributed by atoms with E-state index in [4.69, 9.17) is 9.47 Å². The van der Waals surface area contributed by atoms with Gasteiger partial charge in [0.1, 0.15) is 18.1 Å². The van der Waals surface area contributed by atoms with Crippen LogP contribution in [-0.4, -0.2) is 44.1 Å². The van der Waals surface area contributed by atoms with Crippen LogP contribution in [0.15, 0.2) is 84.9 Å². The summed E-state index contributed by atoms with van der Waals surface area (Å²) in [4.78, 5) is 16.8. The van der Waals surface area contributed by atoms with Crippen molar-refractivity contribution in [1.29, 1.82) is 0 Å². The van der Waals surface area contributed by atoms with E-state index in [1.54, 1.807) is 13.2 Å². The van der Waals surface area contributed by atoms with Crippen LogP contribution < -0.4 is 14.4 Å². The molecule has 0 bridgehead atoms. The number of benzene rings is 3. The average Bonchev–Trinajstić information content (AvgIpc) is 2.87. The van der Waals surface area contributed by atoms with Gasteiger partial charge in [-0.1, -0.05) is 54.6 Å². The van der Waals surface area contributed by atoms with E-state index in [1.165, 1.54) is 0 Å². The number of ether oxygens (including phenoxy) is 2. The van der Waals surface area contributed by atoms with E-state index < -0.39 is 0 Å².